The number of benzene rings is 2. The van der Waals surface area contributed by atoms with Gasteiger partial charge in [-0.25, -0.2) is 14.2 Å². The maximum Gasteiger partial charge on any atom is 0.356 e. The quantitative estimate of drug-likeness (QED) is 0.154. The van der Waals surface area contributed by atoms with Crippen LogP contribution < -0.4 is 18.9 Å². The van der Waals surface area contributed by atoms with Crippen LogP contribution in [0, 0.1) is 11.8 Å². The number of carboxylic acid groups (broad SMARTS) is 1. The number of rotatable bonds is 8. The molecule has 8 heterocycles. The summed E-state index contributed by atoms with van der Waals surface area (Å²) in [4.78, 5) is 55.9. The smallest absolute Gasteiger partial charge is 0.356 e. The molecule has 0 unspecified atom stereocenters. The molecule has 2 aromatic carbocycles. The Morgan fingerprint density at radius 1 is 0.603 bits per heavy atom. The minimum Gasteiger partial charge on any atom is -0.495 e. The molecule has 6 aliphatic rings. The van der Waals surface area contributed by atoms with Crippen LogP contribution in [-0.2, 0) is 22.8 Å². The number of aromatic nitrogens is 4. The first-order chi connectivity index (χ1) is 35.5. The molecule has 2 aliphatic carbocycles. The van der Waals surface area contributed by atoms with Crippen LogP contribution in [0.5, 0.6) is 23.0 Å². The summed E-state index contributed by atoms with van der Waals surface area (Å²) in [5, 5.41) is 26.5. The first kappa shape index (κ1) is 50.8. The molecular formula is C53H57Br2N7O9S2. The van der Waals surface area contributed by atoms with Gasteiger partial charge in [0.1, 0.15) is 36.2 Å². The third-order valence-electron chi connectivity index (χ3n) is 14.6. The molecule has 4 fully saturated rings. The molecule has 0 bridgehead atoms. The molecule has 6 aromatic rings. The summed E-state index contributed by atoms with van der Waals surface area (Å²) < 4.78 is 27.7. The van der Waals surface area contributed by atoms with E-state index in [1.54, 1.807) is 36.3 Å². The van der Waals surface area contributed by atoms with Crippen LogP contribution >= 0.6 is 54.5 Å². The Kier molecular flexibility index (Phi) is 15.6. The van der Waals surface area contributed by atoms with Crippen molar-refractivity contribution >= 4 is 78.2 Å². The minimum absolute atomic E-state index is 0.00814. The summed E-state index contributed by atoms with van der Waals surface area (Å²) in [6.07, 6.45) is 12.5. The summed E-state index contributed by atoms with van der Waals surface area (Å²) in [5.74, 6) is 2.76. The zero-order valence-electron chi connectivity index (χ0n) is 40.8. The zero-order chi connectivity index (χ0) is 50.8. The van der Waals surface area contributed by atoms with Crippen LogP contribution in [-0.4, -0.2) is 117 Å². The van der Waals surface area contributed by atoms with Crippen molar-refractivity contribution in [2.75, 3.05) is 53.5 Å². The second-order valence-electron chi connectivity index (χ2n) is 19.0. The first-order valence-electron chi connectivity index (χ1n) is 24.9. The number of carbonyl (C=O) groups excluding carboxylic acids is 3. The van der Waals surface area contributed by atoms with E-state index in [1.807, 2.05) is 66.3 Å². The highest BCUT2D eigenvalue weighted by atomic mass is 79.9. The number of amides is 3. The van der Waals surface area contributed by atoms with Gasteiger partial charge < -0.3 is 38.8 Å². The van der Waals surface area contributed by atoms with Crippen molar-refractivity contribution in [3.8, 4) is 56.9 Å². The lowest BCUT2D eigenvalue weighted by Crippen LogP contribution is -2.41. The maximum absolute atomic E-state index is 13.8. The summed E-state index contributed by atoms with van der Waals surface area (Å²) in [6, 6.07) is 11.4. The van der Waals surface area contributed by atoms with Gasteiger partial charge in [0.15, 0.2) is 11.4 Å². The molecule has 384 valence electrons. The number of carboxylic acids is 1. The molecule has 3 amide bonds. The van der Waals surface area contributed by atoms with Gasteiger partial charge in [-0.15, -0.1) is 0 Å². The summed E-state index contributed by atoms with van der Waals surface area (Å²) in [5.41, 5.74) is 6.71. The lowest BCUT2D eigenvalue weighted by Gasteiger charge is -2.31. The predicted molar refractivity (Wildman–Crippen MR) is 285 cm³/mol. The fourth-order valence-electron chi connectivity index (χ4n) is 10.1. The third kappa shape index (κ3) is 10.4. The van der Waals surface area contributed by atoms with Gasteiger partial charge in [-0.2, -0.15) is 32.9 Å². The van der Waals surface area contributed by atoms with E-state index in [1.165, 1.54) is 43.4 Å². The SMILES string of the molecule is COc1cc2c(cc1Br)-c1c(c(C(=O)N3CCCN(C(=O)C4CCC4)CC3)nn1-c1ccsc1)CO2.COc1cc2c(cc1Br)-c1c(c(C(=O)O)nn1-c1ccsc1)CO2.O=C(C1CCC1)N1CCCCCC1. The lowest BCUT2D eigenvalue weighted by molar-refractivity contribution is -0.138. The molecule has 0 radical (unpaired) electrons. The third-order valence-corrected chi connectivity index (χ3v) is 17.1. The van der Waals surface area contributed by atoms with Gasteiger partial charge in [-0.3, -0.25) is 14.4 Å². The molecule has 0 spiro atoms. The number of ether oxygens (including phenoxy) is 4. The number of nitrogens with zero attached hydrogens (tertiary/aromatic N) is 7. The average Bonchev–Trinajstić information content (AvgIpc) is 4.16. The molecular weight excluding hydrogens is 1100 g/mol. The number of hydrogen-bond donors (Lipinski definition) is 1. The van der Waals surface area contributed by atoms with Gasteiger partial charge in [0.2, 0.25) is 11.8 Å². The predicted octanol–water partition coefficient (Wildman–Crippen LogP) is 10.9. The molecule has 73 heavy (non-hydrogen) atoms. The van der Waals surface area contributed by atoms with E-state index in [4.69, 9.17) is 24.0 Å². The average molecular weight is 1160 g/mol. The van der Waals surface area contributed by atoms with Gasteiger partial charge in [0.25, 0.3) is 5.91 Å². The van der Waals surface area contributed by atoms with E-state index in [0.29, 0.717) is 72.3 Å². The highest BCUT2D eigenvalue weighted by molar-refractivity contribution is 9.11. The number of hydrogen-bond acceptors (Lipinski definition) is 12. The molecule has 0 atom stereocenters. The largest absolute Gasteiger partial charge is 0.495 e. The topological polar surface area (TPSA) is 171 Å². The van der Waals surface area contributed by atoms with Crippen molar-refractivity contribution in [3.63, 3.8) is 0 Å². The standard InChI is InChI=1S/C26H27BrN4O4S.C16H11BrN2O4S.C11H19NO/c1-34-22-13-21-18(12-20(22)27)24-19(14-35-21)23(28-31(24)17-6-11-36-15-17)26(33)30-8-3-7-29(9-10-30)25(32)16-4-2-5-16;1-22-13-5-12-9(4-11(13)17)15-10(6-23-12)14(16(20)21)18-19(15)8-2-3-24-7-8;13-11(10-6-5-7-10)12-8-3-1-2-4-9-12/h6,11-13,15-16H,2-5,7-10,14H2,1H3;2-5,7H,6H2,1H3,(H,20,21);10H,1-9H2. The van der Waals surface area contributed by atoms with Crippen molar-refractivity contribution in [1.82, 2.24) is 34.3 Å². The number of likely N-dealkylation sites (tertiary alicyclic amines) is 1. The van der Waals surface area contributed by atoms with Crippen LogP contribution in [0.2, 0.25) is 0 Å². The fourth-order valence-corrected chi connectivity index (χ4v) is 12.3. The highest BCUT2D eigenvalue weighted by Crippen LogP contribution is 2.47. The van der Waals surface area contributed by atoms with E-state index < -0.39 is 5.97 Å². The summed E-state index contributed by atoms with van der Waals surface area (Å²) in [7, 11) is 3.20. The van der Waals surface area contributed by atoms with E-state index >= 15 is 0 Å². The highest BCUT2D eigenvalue weighted by Gasteiger charge is 2.36. The van der Waals surface area contributed by atoms with Crippen molar-refractivity contribution < 1.29 is 43.2 Å². The molecule has 4 aliphatic heterocycles. The number of halogens is 2. The van der Waals surface area contributed by atoms with Gasteiger partial charge >= 0.3 is 5.97 Å². The molecule has 4 aromatic heterocycles. The second kappa shape index (κ2) is 22.4. The van der Waals surface area contributed by atoms with Crippen LogP contribution in [0.3, 0.4) is 0 Å². The molecule has 2 saturated heterocycles. The zero-order valence-corrected chi connectivity index (χ0v) is 45.6. The lowest BCUT2D eigenvalue weighted by atomic mass is 9.84. The van der Waals surface area contributed by atoms with E-state index in [-0.39, 0.29) is 36.6 Å². The Balaban J connectivity index is 0.000000141. The monoisotopic (exact) mass is 1160 g/mol. The van der Waals surface area contributed by atoms with E-state index in [2.05, 4.69) is 41.9 Å². The van der Waals surface area contributed by atoms with E-state index in [0.717, 1.165) is 100 Å². The van der Waals surface area contributed by atoms with E-state index in [9.17, 15) is 24.3 Å². The summed E-state index contributed by atoms with van der Waals surface area (Å²) in [6.45, 7) is 4.83. The minimum atomic E-state index is -1.07. The first-order valence-corrected chi connectivity index (χ1v) is 28.4. The Morgan fingerprint density at radius 2 is 1.05 bits per heavy atom. The van der Waals surface area contributed by atoms with Gasteiger partial charge in [0, 0.05) is 90.7 Å². The maximum atomic E-state index is 13.8. The molecule has 16 nitrogen and oxygen atoms in total. The van der Waals surface area contributed by atoms with Crippen molar-refractivity contribution in [3.05, 3.63) is 89.4 Å². The number of fused-ring (bicyclic) bond motifs is 6. The van der Waals surface area contributed by atoms with Crippen molar-refractivity contribution in [2.45, 2.75) is 83.8 Å². The van der Waals surface area contributed by atoms with Crippen molar-refractivity contribution in [1.29, 1.82) is 0 Å². The molecule has 12 rings (SSSR count). The number of methoxy groups -OCH3 is 2. The van der Waals surface area contributed by atoms with Gasteiger partial charge in [-0.1, -0.05) is 25.7 Å². The van der Waals surface area contributed by atoms with Crippen LogP contribution in [0.1, 0.15) is 103 Å². The van der Waals surface area contributed by atoms with Crippen LogP contribution in [0.15, 0.2) is 66.9 Å². The Hall–Kier alpha value is -5.70. The second-order valence-corrected chi connectivity index (χ2v) is 22.2. The van der Waals surface area contributed by atoms with Crippen LogP contribution in [0.25, 0.3) is 33.9 Å². The van der Waals surface area contributed by atoms with Crippen LogP contribution in [0.4, 0.5) is 0 Å². The summed E-state index contributed by atoms with van der Waals surface area (Å²) >= 11 is 10.2. The number of thiophene rings is 2. The Labute approximate surface area is 448 Å². The van der Waals surface area contributed by atoms with Gasteiger partial charge in [-0.05, 0) is 112 Å². The fraction of sp³-hybridized carbons (Fsp3) is 0.434. The molecule has 2 saturated carbocycles. The molecule has 1 N–H and O–H groups in total. The number of carbonyl (C=O) groups is 4. The number of aromatic carboxylic acids is 1. The Morgan fingerprint density at radius 3 is 1.51 bits per heavy atom. The Bertz CT molecular complexity index is 3000. The molecule has 20 heteroatoms. The normalized spacial score (nSPS) is 17.1. The van der Waals surface area contributed by atoms with Crippen molar-refractivity contribution in [2.24, 2.45) is 11.8 Å². The van der Waals surface area contributed by atoms with Gasteiger partial charge in [0.05, 0.1) is 51.5 Å².